The number of aliphatic hydroxyl groups is 1. The van der Waals surface area contributed by atoms with Crippen LogP contribution in [0.15, 0.2) is 97.2 Å². The largest absolute Gasteiger partial charge is 0.457 e. The molecule has 2 N–H and O–H groups in total. The number of imidazole rings is 1. The second-order valence-corrected chi connectivity index (χ2v) is 18.5. The molecule has 3 heterocycles. The second kappa shape index (κ2) is 20.7. The Balaban J connectivity index is 1.22. The van der Waals surface area contributed by atoms with Crippen LogP contribution in [0, 0.1) is 17.7 Å². The summed E-state index contributed by atoms with van der Waals surface area (Å²) in [6, 6.07) is 25.2. The third kappa shape index (κ3) is 11.4. The Kier molecular flexibility index (Phi) is 15.1. The number of rotatable bonds is 12. The van der Waals surface area contributed by atoms with E-state index in [2.05, 4.69) is 10.3 Å². The van der Waals surface area contributed by atoms with Gasteiger partial charge in [-0.05, 0) is 106 Å². The first-order valence-corrected chi connectivity index (χ1v) is 22.6. The molecule has 65 heavy (non-hydrogen) atoms. The lowest BCUT2D eigenvalue weighted by Gasteiger charge is -2.45. The zero-order chi connectivity index (χ0) is 46.4. The van der Waals surface area contributed by atoms with E-state index in [0.717, 1.165) is 34.3 Å². The minimum absolute atomic E-state index is 0.0262. The zero-order valence-electron chi connectivity index (χ0n) is 37.1. The number of fused-ring (bicyclic) bond motifs is 2. The monoisotopic (exact) mass is 924 g/mol. The molecule has 3 amide bonds. The van der Waals surface area contributed by atoms with Crippen molar-refractivity contribution in [2.24, 2.45) is 18.9 Å². The summed E-state index contributed by atoms with van der Waals surface area (Å²) in [4.78, 5) is 67.8. The van der Waals surface area contributed by atoms with Crippen LogP contribution in [0.25, 0.3) is 11.3 Å². The number of Topliss-reactive ketones (excluding diaryl/α,β-unsaturated/α-hetero) is 1. The summed E-state index contributed by atoms with van der Waals surface area (Å²) in [7, 11) is 5.89. The Labute approximate surface area is 389 Å². The van der Waals surface area contributed by atoms with E-state index in [4.69, 9.17) is 27.9 Å². The zero-order valence-corrected chi connectivity index (χ0v) is 38.6. The van der Waals surface area contributed by atoms with E-state index in [-0.39, 0.29) is 41.6 Å². The highest BCUT2D eigenvalue weighted by molar-refractivity contribution is 6.31. The number of ketones is 1. The molecule has 0 saturated carbocycles. The van der Waals surface area contributed by atoms with E-state index in [0.29, 0.717) is 43.1 Å². The molecule has 0 unspecified atom stereocenters. The van der Waals surface area contributed by atoms with Crippen LogP contribution in [0.2, 0.25) is 10.0 Å². The van der Waals surface area contributed by atoms with Gasteiger partial charge >= 0.3 is 0 Å². The molecule has 0 radical (unpaired) electrons. The van der Waals surface area contributed by atoms with Gasteiger partial charge in [0.05, 0.1) is 55.0 Å². The van der Waals surface area contributed by atoms with Crippen molar-refractivity contribution in [3.8, 4) is 22.8 Å². The van der Waals surface area contributed by atoms with Crippen LogP contribution in [0.1, 0.15) is 55.1 Å². The van der Waals surface area contributed by atoms with E-state index in [1.807, 2.05) is 85.2 Å². The van der Waals surface area contributed by atoms with Crippen molar-refractivity contribution in [3.05, 3.63) is 136 Å². The van der Waals surface area contributed by atoms with Gasteiger partial charge in [-0.15, -0.1) is 0 Å². The molecule has 1 aromatic heterocycles. The predicted molar refractivity (Wildman–Crippen MR) is 248 cm³/mol. The lowest BCUT2D eigenvalue weighted by atomic mass is 9.81. The Morgan fingerprint density at radius 1 is 0.923 bits per heavy atom. The smallest absolute Gasteiger partial charge is 0.226 e. The van der Waals surface area contributed by atoms with Gasteiger partial charge in [-0.3, -0.25) is 19.2 Å². The van der Waals surface area contributed by atoms with E-state index in [9.17, 15) is 24.3 Å². The van der Waals surface area contributed by atoms with Gasteiger partial charge in [0.25, 0.3) is 0 Å². The average molecular weight is 926 g/mol. The summed E-state index contributed by atoms with van der Waals surface area (Å²) in [5, 5.41) is 14.4. The van der Waals surface area contributed by atoms with Crippen molar-refractivity contribution in [2.75, 3.05) is 33.8 Å². The minimum Gasteiger partial charge on any atom is -0.457 e. The third-order valence-corrected chi connectivity index (χ3v) is 13.0. The number of hydrogen-bond acceptors (Lipinski definition) is 8. The summed E-state index contributed by atoms with van der Waals surface area (Å²) in [5.74, 6) is -3.44. The highest BCUT2D eigenvalue weighted by Crippen LogP contribution is 2.35. The predicted octanol–water partition coefficient (Wildman–Crippen LogP) is 7.65. The third-order valence-electron chi connectivity index (χ3n) is 12.5. The molecule has 0 spiro atoms. The number of aromatic nitrogens is 2. The molecule has 2 bridgehead atoms. The fourth-order valence-corrected chi connectivity index (χ4v) is 9.25. The molecule has 342 valence electrons. The number of amides is 3. The van der Waals surface area contributed by atoms with Gasteiger partial charge < -0.3 is 34.4 Å². The molecule has 5 aromatic rings. The molecule has 15 heteroatoms. The standard InChI is InChI=1S/C50H55Cl2FN6O6/c1-32-44(61)22-37(30-60)48(63)55-50(26-34-11-15-38(51)16-12-34)19-8-20-58(31-50)49(64)36(21-33-9-6-5-7-10-33)23-47(62)59(32)28-41-42(53)24-39(52)25-45(41)65-40-17-13-35(14-18-40)43-27-54-46(57(43)4)29-56(2)3/h5-7,9-18,24-25,27,32,36-37,60H,8,19-23,26,28-31H2,1-4H3,(H,55,63)/t32-,36+,37-,50+/m0/s1. The van der Waals surface area contributed by atoms with Gasteiger partial charge in [-0.2, -0.15) is 0 Å². The van der Waals surface area contributed by atoms with Crippen molar-refractivity contribution in [1.29, 1.82) is 0 Å². The highest BCUT2D eigenvalue weighted by Gasteiger charge is 2.43. The molecule has 2 aliphatic heterocycles. The molecule has 0 aliphatic carbocycles. The van der Waals surface area contributed by atoms with Gasteiger partial charge in [-0.1, -0.05) is 65.7 Å². The van der Waals surface area contributed by atoms with E-state index in [1.54, 1.807) is 35.4 Å². The van der Waals surface area contributed by atoms with Crippen LogP contribution in [0.3, 0.4) is 0 Å². The maximum atomic E-state index is 16.3. The number of benzene rings is 4. The Morgan fingerprint density at radius 2 is 1.65 bits per heavy atom. The summed E-state index contributed by atoms with van der Waals surface area (Å²) < 4.78 is 24.6. The molecule has 12 nitrogen and oxygen atoms in total. The normalized spacial score (nSPS) is 21.1. The summed E-state index contributed by atoms with van der Waals surface area (Å²) in [6.07, 6.45) is 2.78. The van der Waals surface area contributed by atoms with Gasteiger partial charge in [0.1, 0.15) is 23.1 Å². The number of nitrogens with one attached hydrogen (secondary N) is 1. The Hall–Kier alpha value is -5.60. The lowest BCUT2D eigenvalue weighted by Crippen LogP contribution is -2.63. The molecule has 4 atom stereocenters. The fraction of sp³-hybridized carbons (Fsp3) is 0.380. The van der Waals surface area contributed by atoms with Crippen molar-refractivity contribution >= 4 is 46.7 Å². The van der Waals surface area contributed by atoms with Gasteiger partial charge in [0.2, 0.25) is 17.7 Å². The average Bonchev–Trinajstić information content (AvgIpc) is 3.63. The minimum atomic E-state index is -1.21. The van der Waals surface area contributed by atoms with Gasteiger partial charge in [0, 0.05) is 54.2 Å². The van der Waals surface area contributed by atoms with Crippen LogP contribution < -0.4 is 10.1 Å². The highest BCUT2D eigenvalue weighted by atomic mass is 35.5. The second-order valence-electron chi connectivity index (χ2n) is 17.6. The molecule has 2 aliphatic rings. The van der Waals surface area contributed by atoms with Gasteiger partial charge in [-0.25, -0.2) is 9.37 Å². The number of piperidine rings is 1. The van der Waals surface area contributed by atoms with E-state index < -0.39 is 66.4 Å². The number of ether oxygens (including phenoxy) is 1. The maximum Gasteiger partial charge on any atom is 0.226 e. The number of halogens is 3. The lowest BCUT2D eigenvalue weighted by molar-refractivity contribution is -0.147. The molecule has 2 saturated heterocycles. The van der Waals surface area contributed by atoms with E-state index in [1.165, 1.54) is 17.9 Å². The van der Waals surface area contributed by atoms with Crippen LogP contribution >= 0.6 is 23.2 Å². The Bertz CT molecular complexity index is 2500. The number of carbonyl (C=O) groups is 4. The summed E-state index contributed by atoms with van der Waals surface area (Å²) >= 11 is 12.6. The van der Waals surface area contributed by atoms with E-state index >= 15 is 4.39 Å². The first kappa shape index (κ1) is 47.4. The summed E-state index contributed by atoms with van der Waals surface area (Å²) in [5.41, 5.74) is 2.51. The van der Waals surface area contributed by atoms with Crippen LogP contribution in [0.4, 0.5) is 4.39 Å². The van der Waals surface area contributed by atoms with Crippen molar-refractivity contribution in [3.63, 3.8) is 0 Å². The first-order valence-electron chi connectivity index (χ1n) is 21.9. The number of carbonyl (C=O) groups excluding carboxylic acids is 4. The number of hydrogen-bond donors (Lipinski definition) is 2. The van der Waals surface area contributed by atoms with Crippen molar-refractivity contribution in [2.45, 2.75) is 70.1 Å². The Morgan fingerprint density at radius 3 is 2.34 bits per heavy atom. The molecular formula is C50H55Cl2FN6O6. The topological polar surface area (TPSA) is 137 Å². The molecular weight excluding hydrogens is 870 g/mol. The molecule has 2 fully saturated rings. The molecule has 7 rings (SSSR count). The van der Waals surface area contributed by atoms with Crippen LogP contribution in [0.5, 0.6) is 11.5 Å². The SMILES string of the molecule is C[C@H]1C(=O)C[C@@H](CO)C(=O)N[C@@]2(Cc3ccc(Cl)cc3)CCCN(C2)C(=O)[C@H](Cc2ccccc2)CC(=O)N1Cc1c(F)cc(Cl)cc1Oc1ccc(-c2cnc(CN(C)C)n2C)cc1. The molecule has 4 aromatic carbocycles. The number of nitrogens with zero attached hydrogens (tertiary/aromatic N) is 5. The quantitative estimate of drug-likeness (QED) is 0.130. The van der Waals surface area contributed by atoms with Crippen molar-refractivity contribution in [1.82, 2.24) is 29.6 Å². The fourth-order valence-electron chi connectivity index (χ4n) is 8.93. The van der Waals surface area contributed by atoms with Crippen LogP contribution in [-0.2, 0) is 52.2 Å². The van der Waals surface area contributed by atoms with Gasteiger partial charge in [0.15, 0.2) is 5.78 Å². The van der Waals surface area contributed by atoms with Crippen LogP contribution in [-0.4, -0.2) is 98.2 Å². The number of aliphatic hydroxyl groups excluding tert-OH is 1. The summed E-state index contributed by atoms with van der Waals surface area (Å²) in [6.45, 7) is 1.65. The van der Waals surface area contributed by atoms with Crippen molar-refractivity contribution < 1.29 is 33.4 Å². The first-order chi connectivity index (χ1) is 31.1. The maximum absolute atomic E-state index is 16.3.